The van der Waals surface area contributed by atoms with E-state index in [-0.39, 0.29) is 24.9 Å². The van der Waals surface area contributed by atoms with E-state index in [2.05, 4.69) is 10.4 Å². The Labute approximate surface area is 156 Å². The van der Waals surface area contributed by atoms with E-state index in [1.165, 1.54) is 6.07 Å². The van der Waals surface area contributed by atoms with Crippen LogP contribution in [0.25, 0.3) is 0 Å². The third kappa shape index (κ3) is 4.20. The van der Waals surface area contributed by atoms with Crippen LogP contribution in [0.1, 0.15) is 23.3 Å². The maximum Gasteiger partial charge on any atom is 0.244 e. The molecule has 1 aliphatic rings. The second kappa shape index (κ2) is 8.57. The zero-order valence-corrected chi connectivity index (χ0v) is 15.3. The van der Waals surface area contributed by atoms with E-state index in [4.69, 9.17) is 4.74 Å². The average molecular weight is 387 g/mol. The summed E-state index contributed by atoms with van der Waals surface area (Å²) in [5.74, 6) is -1.93. The molecule has 1 aromatic carbocycles. The number of amides is 1. The van der Waals surface area contributed by atoms with Crippen molar-refractivity contribution in [2.45, 2.75) is 12.1 Å². The topological polar surface area (TPSA) is 59.4 Å². The monoisotopic (exact) mass is 386 g/mol. The molecule has 1 amide bonds. The second-order valence-electron chi connectivity index (χ2n) is 5.99. The average Bonchev–Trinajstić information content (AvgIpc) is 3.04. The van der Waals surface area contributed by atoms with Crippen LogP contribution in [-0.4, -0.2) is 47.3 Å². The Hall–Kier alpha value is -2.03. The van der Waals surface area contributed by atoms with Gasteiger partial charge in [0.05, 0.1) is 19.3 Å². The SMILES string of the molecule is CNC(C(=O)N1CCOC(c2ccc(F)c(F)c2)C1)c1cnn(C)c1.Cl. The molecule has 6 nitrogen and oxygen atoms in total. The molecule has 0 saturated carbocycles. The Balaban J connectivity index is 0.00000243. The van der Waals surface area contributed by atoms with Crippen LogP contribution in [-0.2, 0) is 16.6 Å². The van der Waals surface area contributed by atoms with Crippen molar-refractivity contribution < 1.29 is 18.3 Å². The Morgan fingerprint density at radius 3 is 2.77 bits per heavy atom. The van der Waals surface area contributed by atoms with Crippen molar-refractivity contribution in [3.63, 3.8) is 0 Å². The third-order valence-electron chi connectivity index (χ3n) is 4.29. The second-order valence-corrected chi connectivity index (χ2v) is 5.99. The first-order valence-electron chi connectivity index (χ1n) is 8.00. The molecule has 3 rings (SSSR count). The lowest BCUT2D eigenvalue weighted by Crippen LogP contribution is -2.46. The van der Waals surface area contributed by atoms with Crippen LogP contribution in [0.2, 0.25) is 0 Å². The van der Waals surface area contributed by atoms with Gasteiger partial charge in [0, 0.05) is 25.4 Å². The van der Waals surface area contributed by atoms with Crippen molar-refractivity contribution >= 4 is 18.3 Å². The van der Waals surface area contributed by atoms with Crippen LogP contribution >= 0.6 is 12.4 Å². The molecular formula is C17H21ClF2N4O2. The first-order valence-corrected chi connectivity index (χ1v) is 8.00. The summed E-state index contributed by atoms with van der Waals surface area (Å²) in [6.07, 6.45) is 2.94. The number of carbonyl (C=O) groups is 1. The van der Waals surface area contributed by atoms with Gasteiger partial charge in [-0.05, 0) is 24.7 Å². The van der Waals surface area contributed by atoms with Crippen LogP contribution in [0.4, 0.5) is 8.78 Å². The highest BCUT2D eigenvalue weighted by Gasteiger charge is 2.31. The van der Waals surface area contributed by atoms with Crippen molar-refractivity contribution in [3.8, 4) is 0 Å². The molecule has 2 aromatic rings. The van der Waals surface area contributed by atoms with E-state index in [1.54, 1.807) is 36.1 Å². The van der Waals surface area contributed by atoms with Crippen LogP contribution < -0.4 is 5.32 Å². The molecular weight excluding hydrogens is 366 g/mol. The highest BCUT2D eigenvalue weighted by Crippen LogP contribution is 2.25. The molecule has 0 bridgehead atoms. The van der Waals surface area contributed by atoms with Crippen LogP contribution in [0, 0.1) is 11.6 Å². The van der Waals surface area contributed by atoms with Gasteiger partial charge >= 0.3 is 0 Å². The number of carbonyl (C=O) groups excluding carboxylic acids is 1. The van der Waals surface area contributed by atoms with Gasteiger partial charge in [0.1, 0.15) is 12.1 Å². The third-order valence-corrected chi connectivity index (χ3v) is 4.29. The first-order chi connectivity index (χ1) is 12.0. The maximum absolute atomic E-state index is 13.5. The lowest BCUT2D eigenvalue weighted by atomic mass is 10.1. The zero-order chi connectivity index (χ0) is 18.0. The number of nitrogens with zero attached hydrogens (tertiary/aromatic N) is 3. The molecule has 2 atom stereocenters. The minimum absolute atomic E-state index is 0. The van der Waals surface area contributed by atoms with Gasteiger partial charge in [-0.25, -0.2) is 8.78 Å². The van der Waals surface area contributed by atoms with Crippen molar-refractivity contribution in [3.05, 3.63) is 53.4 Å². The van der Waals surface area contributed by atoms with Crippen molar-refractivity contribution in [1.82, 2.24) is 20.0 Å². The molecule has 1 saturated heterocycles. The number of hydrogen-bond donors (Lipinski definition) is 1. The predicted octanol–water partition coefficient (Wildman–Crippen LogP) is 1.98. The Kier molecular flexibility index (Phi) is 6.69. The molecule has 1 fully saturated rings. The van der Waals surface area contributed by atoms with Gasteiger partial charge < -0.3 is 15.0 Å². The lowest BCUT2D eigenvalue weighted by Gasteiger charge is -2.35. The number of morpholine rings is 1. The Morgan fingerprint density at radius 1 is 1.38 bits per heavy atom. The molecule has 2 heterocycles. The van der Waals surface area contributed by atoms with E-state index in [0.717, 1.165) is 17.7 Å². The molecule has 9 heteroatoms. The lowest BCUT2D eigenvalue weighted by molar-refractivity contribution is -0.141. The molecule has 1 aliphatic heterocycles. The van der Waals surface area contributed by atoms with Gasteiger partial charge in [-0.15, -0.1) is 12.4 Å². The first kappa shape index (κ1) is 20.3. The largest absolute Gasteiger partial charge is 0.370 e. The van der Waals surface area contributed by atoms with Crippen LogP contribution in [0.3, 0.4) is 0 Å². The summed E-state index contributed by atoms with van der Waals surface area (Å²) in [6, 6.07) is 3.15. The van der Waals surface area contributed by atoms with E-state index in [0.29, 0.717) is 18.7 Å². The minimum Gasteiger partial charge on any atom is -0.370 e. The van der Waals surface area contributed by atoms with Crippen LogP contribution in [0.15, 0.2) is 30.6 Å². The van der Waals surface area contributed by atoms with Crippen LogP contribution in [0.5, 0.6) is 0 Å². The molecule has 0 aliphatic carbocycles. The smallest absolute Gasteiger partial charge is 0.244 e. The molecule has 0 radical (unpaired) electrons. The van der Waals surface area contributed by atoms with Crippen molar-refractivity contribution in [1.29, 1.82) is 0 Å². The highest BCUT2D eigenvalue weighted by atomic mass is 35.5. The van der Waals surface area contributed by atoms with E-state index >= 15 is 0 Å². The van der Waals surface area contributed by atoms with E-state index in [1.807, 2.05) is 0 Å². The normalized spacial score (nSPS) is 18.3. The Morgan fingerprint density at radius 2 is 2.15 bits per heavy atom. The quantitative estimate of drug-likeness (QED) is 0.873. The summed E-state index contributed by atoms with van der Waals surface area (Å²) in [7, 11) is 3.50. The number of likely N-dealkylation sites (N-methyl/N-ethyl adjacent to an activating group) is 1. The number of nitrogens with one attached hydrogen (secondary N) is 1. The van der Waals surface area contributed by atoms with Crippen molar-refractivity contribution in [2.24, 2.45) is 7.05 Å². The van der Waals surface area contributed by atoms with Gasteiger partial charge in [-0.1, -0.05) is 6.07 Å². The summed E-state index contributed by atoms with van der Waals surface area (Å²) < 4.78 is 33.9. The van der Waals surface area contributed by atoms with Crippen molar-refractivity contribution in [2.75, 3.05) is 26.7 Å². The number of aromatic nitrogens is 2. The fraction of sp³-hybridized carbons (Fsp3) is 0.412. The molecule has 1 aromatic heterocycles. The number of halogens is 3. The fourth-order valence-electron chi connectivity index (χ4n) is 2.97. The number of ether oxygens (including phenoxy) is 1. The fourth-order valence-corrected chi connectivity index (χ4v) is 2.97. The predicted molar refractivity (Wildman–Crippen MR) is 93.9 cm³/mol. The van der Waals surface area contributed by atoms with Gasteiger partial charge in [0.15, 0.2) is 11.6 Å². The molecule has 26 heavy (non-hydrogen) atoms. The molecule has 1 N–H and O–H groups in total. The summed E-state index contributed by atoms with van der Waals surface area (Å²) in [5, 5.41) is 7.10. The number of hydrogen-bond acceptors (Lipinski definition) is 4. The van der Waals surface area contributed by atoms with Gasteiger partial charge in [0.25, 0.3) is 0 Å². The Bertz CT molecular complexity index is 771. The van der Waals surface area contributed by atoms with E-state index < -0.39 is 23.8 Å². The molecule has 0 spiro atoms. The highest BCUT2D eigenvalue weighted by molar-refractivity contribution is 5.85. The van der Waals surface area contributed by atoms with E-state index in [9.17, 15) is 13.6 Å². The number of aryl methyl sites for hydroxylation is 1. The number of rotatable bonds is 4. The minimum atomic E-state index is -0.923. The maximum atomic E-state index is 13.5. The standard InChI is InChI=1S/C17H20F2N4O2.ClH/c1-20-16(12-8-21-22(2)9-12)17(24)23-5-6-25-15(10-23)11-3-4-13(18)14(19)7-11;/h3-4,7-9,15-16,20H,5-6,10H2,1-2H3;1H. The van der Waals surface area contributed by atoms with Gasteiger partial charge in [0.2, 0.25) is 5.91 Å². The molecule has 142 valence electrons. The summed E-state index contributed by atoms with van der Waals surface area (Å²) in [5.41, 5.74) is 1.28. The summed E-state index contributed by atoms with van der Waals surface area (Å²) in [6.45, 7) is 1.05. The number of benzene rings is 1. The summed E-state index contributed by atoms with van der Waals surface area (Å²) >= 11 is 0. The molecule has 2 unspecified atom stereocenters. The van der Waals surface area contributed by atoms with Gasteiger partial charge in [-0.2, -0.15) is 5.10 Å². The zero-order valence-electron chi connectivity index (χ0n) is 14.5. The summed E-state index contributed by atoms with van der Waals surface area (Å²) in [4.78, 5) is 14.5. The van der Waals surface area contributed by atoms with Gasteiger partial charge in [-0.3, -0.25) is 9.48 Å².